The predicted molar refractivity (Wildman–Crippen MR) is 89.5 cm³/mol. The molecule has 4 heterocycles. The lowest BCUT2D eigenvalue weighted by atomic mass is 9.75. The molecule has 0 spiro atoms. The van der Waals surface area contributed by atoms with Crippen LogP contribution >= 0.6 is 0 Å². The number of carboxylic acid groups (broad SMARTS) is 1. The molecule has 0 amide bonds. The van der Waals surface area contributed by atoms with Gasteiger partial charge in [0.1, 0.15) is 5.82 Å². The molecular weight excluding hydrogens is 307 g/mol. The minimum atomic E-state index is -0.713. The van der Waals surface area contributed by atoms with Crippen molar-refractivity contribution in [3.05, 3.63) is 35.6 Å². The molecule has 1 N–H and O–H groups in total. The number of aliphatic carboxylic acids is 1. The van der Waals surface area contributed by atoms with E-state index < -0.39 is 5.97 Å². The van der Waals surface area contributed by atoms with E-state index in [1.54, 1.807) is 12.1 Å². The van der Waals surface area contributed by atoms with E-state index in [1.165, 1.54) is 31.5 Å². The first-order chi connectivity index (χ1) is 11.6. The highest BCUT2D eigenvalue weighted by Gasteiger charge is 2.52. The summed E-state index contributed by atoms with van der Waals surface area (Å²) in [5.41, 5.74) is 1.22. The predicted octanol–water partition coefficient (Wildman–Crippen LogP) is 2.55. The second-order valence-electron chi connectivity index (χ2n) is 7.50. The van der Waals surface area contributed by atoms with E-state index in [0.29, 0.717) is 24.4 Å². The minimum absolute atomic E-state index is 0.183. The van der Waals surface area contributed by atoms with Crippen molar-refractivity contribution < 1.29 is 14.3 Å². The summed E-state index contributed by atoms with van der Waals surface area (Å²) in [6.45, 7) is 4.17. The first-order valence-corrected chi connectivity index (χ1v) is 9.09. The first kappa shape index (κ1) is 16.0. The maximum absolute atomic E-state index is 13.3. The number of halogens is 1. The summed E-state index contributed by atoms with van der Waals surface area (Å²) in [5.74, 6) is 0.241. The average molecular weight is 332 g/mol. The highest BCUT2D eigenvalue weighted by molar-refractivity contribution is 5.66. The Bertz CT molecular complexity index is 598. The van der Waals surface area contributed by atoms with Gasteiger partial charge in [-0.15, -0.1) is 0 Å². The van der Waals surface area contributed by atoms with Crippen LogP contribution in [-0.4, -0.2) is 59.1 Å². The van der Waals surface area contributed by atoms with Crippen molar-refractivity contribution in [1.82, 2.24) is 9.80 Å². The largest absolute Gasteiger partial charge is 0.481 e. The van der Waals surface area contributed by atoms with Crippen molar-refractivity contribution in [2.75, 3.05) is 26.2 Å². The lowest BCUT2D eigenvalue weighted by Gasteiger charge is -2.51. The molecule has 4 nitrogen and oxygen atoms in total. The van der Waals surface area contributed by atoms with Crippen LogP contribution in [0.3, 0.4) is 0 Å². The molecule has 0 radical (unpaired) electrons. The molecule has 4 fully saturated rings. The summed E-state index contributed by atoms with van der Waals surface area (Å²) in [5, 5.41) is 8.92. The number of nitrogens with zero attached hydrogens (tertiary/aromatic N) is 2. The average Bonchev–Trinajstić information content (AvgIpc) is 2.98. The zero-order valence-electron chi connectivity index (χ0n) is 13.9. The molecule has 4 aliphatic heterocycles. The summed E-state index contributed by atoms with van der Waals surface area (Å²) in [6.07, 6.45) is 3.46. The molecule has 130 valence electrons. The first-order valence-electron chi connectivity index (χ1n) is 9.09. The van der Waals surface area contributed by atoms with E-state index in [1.807, 2.05) is 12.1 Å². The second kappa shape index (κ2) is 6.45. The Balaban J connectivity index is 1.56. The Kier molecular flexibility index (Phi) is 4.31. The van der Waals surface area contributed by atoms with Gasteiger partial charge in [-0.1, -0.05) is 12.1 Å². The Hall–Kier alpha value is -1.46. The van der Waals surface area contributed by atoms with E-state index in [2.05, 4.69) is 9.80 Å². The number of hydrogen-bond acceptors (Lipinski definition) is 3. The van der Waals surface area contributed by atoms with E-state index in [9.17, 15) is 9.18 Å². The maximum Gasteiger partial charge on any atom is 0.303 e. The third-order valence-corrected chi connectivity index (χ3v) is 6.23. The van der Waals surface area contributed by atoms with Crippen LogP contribution in [0.2, 0.25) is 0 Å². The van der Waals surface area contributed by atoms with E-state index in [0.717, 1.165) is 19.0 Å². The third-order valence-electron chi connectivity index (χ3n) is 6.23. The van der Waals surface area contributed by atoms with Crippen molar-refractivity contribution in [2.24, 2.45) is 5.92 Å². The quantitative estimate of drug-likeness (QED) is 0.900. The molecule has 0 aliphatic carbocycles. The van der Waals surface area contributed by atoms with Crippen molar-refractivity contribution in [3.63, 3.8) is 0 Å². The van der Waals surface area contributed by atoms with Crippen LogP contribution in [0.1, 0.15) is 37.2 Å². The number of likely N-dealkylation sites (tertiary alicyclic amines) is 1. The summed E-state index contributed by atoms with van der Waals surface area (Å²) in [7, 11) is 0. The van der Waals surface area contributed by atoms with Crippen LogP contribution < -0.4 is 0 Å². The van der Waals surface area contributed by atoms with Gasteiger partial charge in [0.05, 0.1) is 0 Å². The Morgan fingerprint density at radius 3 is 2.54 bits per heavy atom. The Morgan fingerprint density at radius 2 is 1.88 bits per heavy atom. The maximum atomic E-state index is 13.3. The van der Waals surface area contributed by atoms with Gasteiger partial charge >= 0.3 is 5.97 Å². The smallest absolute Gasteiger partial charge is 0.303 e. The summed E-state index contributed by atoms with van der Waals surface area (Å²) in [4.78, 5) is 16.0. The summed E-state index contributed by atoms with van der Waals surface area (Å²) in [6, 6.07) is 8.04. The fourth-order valence-electron chi connectivity index (χ4n) is 5.23. The van der Waals surface area contributed by atoms with Crippen molar-refractivity contribution in [2.45, 2.75) is 43.7 Å². The van der Waals surface area contributed by atoms with Gasteiger partial charge in [0.15, 0.2) is 0 Å². The SMILES string of the molecule is O=C(O)CCCN1C[C@@H](c2ccc(F)cc2)[C@@H]2[C@H]1C1CCN2CC1. The van der Waals surface area contributed by atoms with Crippen LogP contribution in [0.25, 0.3) is 0 Å². The van der Waals surface area contributed by atoms with Crippen LogP contribution in [0.5, 0.6) is 0 Å². The van der Waals surface area contributed by atoms with E-state index >= 15 is 0 Å². The number of hydrogen-bond donors (Lipinski definition) is 1. The van der Waals surface area contributed by atoms with E-state index in [-0.39, 0.29) is 12.2 Å². The highest BCUT2D eigenvalue weighted by Crippen LogP contribution is 2.46. The van der Waals surface area contributed by atoms with Crippen LogP contribution in [0, 0.1) is 11.7 Å². The van der Waals surface area contributed by atoms with Crippen LogP contribution in [-0.2, 0) is 4.79 Å². The monoisotopic (exact) mass is 332 g/mol. The molecule has 0 saturated carbocycles. The molecule has 4 aliphatic rings. The highest BCUT2D eigenvalue weighted by atomic mass is 19.1. The van der Waals surface area contributed by atoms with Crippen molar-refractivity contribution >= 4 is 5.97 Å². The molecule has 0 unspecified atom stereocenters. The molecule has 5 heteroatoms. The topological polar surface area (TPSA) is 43.8 Å². The number of carbonyl (C=O) groups is 1. The molecule has 1 aromatic carbocycles. The number of piperidine rings is 3. The standard InChI is InChI=1S/C19H25FN2O2/c20-15-5-3-13(4-6-15)16-12-22(9-1-2-17(23)24)18-14-7-10-21(11-8-14)19(16)18/h3-6,14,16,18-19H,1-2,7-12H2,(H,23,24)/t16-,18+,19+/m0/s1. The zero-order chi connectivity index (χ0) is 16.7. The molecule has 3 atom stereocenters. The van der Waals surface area contributed by atoms with E-state index in [4.69, 9.17) is 5.11 Å². The van der Waals surface area contributed by atoms with Gasteiger partial charge in [-0.05, 0) is 62.5 Å². The molecular formula is C19H25FN2O2. The summed E-state index contributed by atoms with van der Waals surface area (Å²) < 4.78 is 13.3. The summed E-state index contributed by atoms with van der Waals surface area (Å²) >= 11 is 0. The number of fused-ring (bicyclic) bond motifs is 2. The zero-order valence-corrected chi connectivity index (χ0v) is 13.9. The minimum Gasteiger partial charge on any atom is -0.481 e. The van der Waals surface area contributed by atoms with Gasteiger partial charge in [0.25, 0.3) is 0 Å². The molecule has 5 rings (SSSR count). The fraction of sp³-hybridized carbons (Fsp3) is 0.632. The van der Waals surface area contributed by atoms with Gasteiger partial charge in [-0.25, -0.2) is 4.39 Å². The number of carboxylic acids is 1. The number of rotatable bonds is 5. The molecule has 4 saturated heterocycles. The van der Waals surface area contributed by atoms with Gasteiger partial charge < -0.3 is 5.11 Å². The van der Waals surface area contributed by atoms with Crippen molar-refractivity contribution in [3.8, 4) is 0 Å². The van der Waals surface area contributed by atoms with Gasteiger partial charge in [0, 0.05) is 31.0 Å². The molecule has 1 aromatic rings. The second-order valence-corrected chi connectivity index (χ2v) is 7.50. The van der Waals surface area contributed by atoms with Gasteiger partial charge in [0.2, 0.25) is 0 Å². The molecule has 2 bridgehead atoms. The lowest BCUT2D eigenvalue weighted by molar-refractivity contribution is -0.137. The third kappa shape index (κ3) is 2.84. The Morgan fingerprint density at radius 1 is 1.17 bits per heavy atom. The lowest BCUT2D eigenvalue weighted by Crippen LogP contribution is -2.60. The molecule has 0 aromatic heterocycles. The van der Waals surface area contributed by atoms with Crippen molar-refractivity contribution in [1.29, 1.82) is 0 Å². The van der Waals surface area contributed by atoms with Crippen LogP contribution in [0.15, 0.2) is 24.3 Å². The Labute approximate surface area is 142 Å². The fourth-order valence-corrected chi connectivity index (χ4v) is 5.23. The molecule has 24 heavy (non-hydrogen) atoms. The van der Waals surface area contributed by atoms with Crippen LogP contribution in [0.4, 0.5) is 4.39 Å². The number of benzene rings is 1. The normalized spacial score (nSPS) is 35.1. The van der Waals surface area contributed by atoms with Gasteiger partial charge in [-0.3, -0.25) is 14.6 Å². The van der Waals surface area contributed by atoms with Gasteiger partial charge in [-0.2, -0.15) is 0 Å².